The summed E-state index contributed by atoms with van der Waals surface area (Å²) in [7, 11) is 3.52. The number of nitrogens with two attached hydrogens (primary N) is 1. The molecule has 2 rings (SSSR count). The van der Waals surface area contributed by atoms with E-state index < -0.39 is 0 Å². The standard InChI is InChI=1S/C18H29NO2/c1-12-7-6-8-18(11-12,21-5)17(19)16-14(3)9-13(2)10-15(16)20-4/h9-10,12,17H,6-8,11,19H2,1-5H3. The molecule has 1 aliphatic carbocycles. The fourth-order valence-electron chi connectivity index (χ4n) is 3.91. The number of ether oxygens (including phenoxy) is 2. The molecule has 0 amide bonds. The maximum absolute atomic E-state index is 6.70. The molecule has 1 fully saturated rings. The third kappa shape index (κ3) is 3.09. The first-order valence-electron chi connectivity index (χ1n) is 7.89. The second kappa shape index (κ2) is 6.37. The first-order chi connectivity index (χ1) is 9.93. The van der Waals surface area contributed by atoms with E-state index in [0.29, 0.717) is 5.92 Å². The predicted octanol–water partition coefficient (Wildman–Crippen LogP) is 3.91. The molecule has 0 saturated heterocycles. The van der Waals surface area contributed by atoms with E-state index in [1.54, 1.807) is 14.2 Å². The molecule has 0 heterocycles. The Morgan fingerprint density at radius 2 is 2.00 bits per heavy atom. The van der Waals surface area contributed by atoms with Crippen molar-refractivity contribution in [1.29, 1.82) is 0 Å². The van der Waals surface area contributed by atoms with Crippen molar-refractivity contribution in [3.63, 3.8) is 0 Å². The van der Waals surface area contributed by atoms with Crippen molar-refractivity contribution in [3.8, 4) is 5.75 Å². The average molecular weight is 291 g/mol. The number of hydrogen-bond acceptors (Lipinski definition) is 3. The minimum atomic E-state index is -0.273. The van der Waals surface area contributed by atoms with E-state index in [-0.39, 0.29) is 11.6 Å². The van der Waals surface area contributed by atoms with E-state index in [9.17, 15) is 0 Å². The summed E-state index contributed by atoms with van der Waals surface area (Å²) >= 11 is 0. The van der Waals surface area contributed by atoms with E-state index >= 15 is 0 Å². The van der Waals surface area contributed by atoms with Gasteiger partial charge in [0.1, 0.15) is 5.75 Å². The molecule has 1 aliphatic rings. The van der Waals surface area contributed by atoms with Gasteiger partial charge in [0.05, 0.1) is 18.8 Å². The molecule has 3 atom stereocenters. The number of rotatable bonds is 4. The topological polar surface area (TPSA) is 44.5 Å². The smallest absolute Gasteiger partial charge is 0.124 e. The highest BCUT2D eigenvalue weighted by Crippen LogP contribution is 2.45. The van der Waals surface area contributed by atoms with Gasteiger partial charge >= 0.3 is 0 Å². The summed E-state index contributed by atoms with van der Waals surface area (Å²) < 4.78 is 11.6. The van der Waals surface area contributed by atoms with Crippen molar-refractivity contribution in [2.45, 2.75) is 58.1 Å². The summed E-state index contributed by atoms with van der Waals surface area (Å²) in [6.07, 6.45) is 4.48. The van der Waals surface area contributed by atoms with Gasteiger partial charge in [-0.25, -0.2) is 0 Å². The summed E-state index contributed by atoms with van der Waals surface area (Å²) in [6, 6.07) is 4.09. The molecule has 2 N–H and O–H groups in total. The van der Waals surface area contributed by atoms with Crippen molar-refractivity contribution >= 4 is 0 Å². The Bertz CT molecular complexity index is 500. The van der Waals surface area contributed by atoms with Crippen LogP contribution >= 0.6 is 0 Å². The number of benzene rings is 1. The third-order valence-electron chi connectivity index (χ3n) is 4.99. The van der Waals surface area contributed by atoms with Gasteiger partial charge in [-0.1, -0.05) is 25.8 Å². The summed E-state index contributed by atoms with van der Waals surface area (Å²) in [4.78, 5) is 0. The lowest BCUT2D eigenvalue weighted by molar-refractivity contribution is -0.0723. The Hall–Kier alpha value is -1.06. The van der Waals surface area contributed by atoms with Gasteiger partial charge in [-0.05, 0) is 49.8 Å². The number of methoxy groups -OCH3 is 2. The highest BCUT2D eigenvalue weighted by molar-refractivity contribution is 5.46. The molecule has 1 saturated carbocycles. The highest BCUT2D eigenvalue weighted by Gasteiger charge is 2.42. The van der Waals surface area contributed by atoms with Gasteiger partial charge in [0.25, 0.3) is 0 Å². The molecule has 21 heavy (non-hydrogen) atoms. The minimum Gasteiger partial charge on any atom is -0.496 e. The van der Waals surface area contributed by atoms with Gasteiger partial charge in [-0.15, -0.1) is 0 Å². The van der Waals surface area contributed by atoms with Crippen LogP contribution in [-0.2, 0) is 4.74 Å². The number of hydrogen-bond donors (Lipinski definition) is 1. The molecule has 3 heteroatoms. The third-order valence-corrected chi connectivity index (χ3v) is 4.99. The van der Waals surface area contributed by atoms with E-state index in [1.165, 1.54) is 24.0 Å². The summed E-state index contributed by atoms with van der Waals surface area (Å²) in [5.74, 6) is 1.54. The van der Waals surface area contributed by atoms with Gasteiger partial charge < -0.3 is 15.2 Å². The van der Waals surface area contributed by atoms with Crippen LogP contribution in [0.4, 0.5) is 0 Å². The molecule has 3 unspecified atom stereocenters. The first kappa shape index (κ1) is 16.3. The van der Waals surface area contributed by atoms with Crippen LogP contribution < -0.4 is 10.5 Å². The molecule has 0 radical (unpaired) electrons. The molecule has 0 aliphatic heterocycles. The normalized spacial score (nSPS) is 27.4. The van der Waals surface area contributed by atoms with Crippen LogP contribution in [0, 0.1) is 19.8 Å². The predicted molar refractivity (Wildman–Crippen MR) is 86.8 cm³/mol. The summed E-state index contributed by atoms with van der Waals surface area (Å²) in [5, 5.41) is 0. The van der Waals surface area contributed by atoms with Crippen LogP contribution in [0.5, 0.6) is 5.75 Å². The monoisotopic (exact) mass is 291 g/mol. The van der Waals surface area contributed by atoms with Gasteiger partial charge in [-0.2, -0.15) is 0 Å². The molecule has 0 bridgehead atoms. The van der Waals surface area contributed by atoms with Crippen LogP contribution in [0.15, 0.2) is 12.1 Å². The lowest BCUT2D eigenvalue weighted by Gasteiger charge is -2.44. The van der Waals surface area contributed by atoms with Gasteiger partial charge in [0.2, 0.25) is 0 Å². The maximum atomic E-state index is 6.70. The van der Waals surface area contributed by atoms with Gasteiger partial charge in [0.15, 0.2) is 0 Å². The molecule has 1 aromatic carbocycles. The van der Waals surface area contributed by atoms with Crippen LogP contribution in [0.3, 0.4) is 0 Å². The molecule has 1 aromatic rings. The Kier molecular flexibility index (Phi) is 4.95. The average Bonchev–Trinajstić information content (AvgIpc) is 2.45. The van der Waals surface area contributed by atoms with E-state index in [2.05, 4.69) is 32.9 Å². The van der Waals surface area contributed by atoms with Crippen LogP contribution in [-0.4, -0.2) is 19.8 Å². The molecule has 0 spiro atoms. The quantitative estimate of drug-likeness (QED) is 0.914. The fourth-order valence-corrected chi connectivity index (χ4v) is 3.91. The molecule has 118 valence electrons. The Morgan fingerprint density at radius 3 is 2.57 bits per heavy atom. The Morgan fingerprint density at radius 1 is 1.29 bits per heavy atom. The second-order valence-corrected chi connectivity index (χ2v) is 6.65. The van der Waals surface area contributed by atoms with E-state index in [0.717, 1.165) is 24.2 Å². The van der Waals surface area contributed by atoms with Gasteiger partial charge in [-0.3, -0.25) is 0 Å². The molecular weight excluding hydrogens is 262 g/mol. The van der Waals surface area contributed by atoms with Crippen LogP contribution in [0.25, 0.3) is 0 Å². The van der Waals surface area contributed by atoms with Crippen LogP contribution in [0.1, 0.15) is 55.3 Å². The van der Waals surface area contributed by atoms with Gasteiger partial charge in [0, 0.05) is 12.7 Å². The zero-order valence-electron chi connectivity index (χ0n) is 14.0. The number of aryl methyl sites for hydroxylation is 2. The second-order valence-electron chi connectivity index (χ2n) is 6.65. The van der Waals surface area contributed by atoms with E-state index in [4.69, 9.17) is 15.2 Å². The summed E-state index contributed by atoms with van der Waals surface area (Å²) in [6.45, 7) is 6.48. The fraction of sp³-hybridized carbons (Fsp3) is 0.667. The maximum Gasteiger partial charge on any atom is 0.124 e. The molecule has 3 nitrogen and oxygen atoms in total. The van der Waals surface area contributed by atoms with Crippen molar-refractivity contribution in [3.05, 3.63) is 28.8 Å². The Balaban J connectivity index is 2.44. The summed E-state index contributed by atoms with van der Waals surface area (Å²) in [5.41, 5.74) is 9.91. The zero-order chi connectivity index (χ0) is 15.6. The zero-order valence-corrected chi connectivity index (χ0v) is 14.0. The SMILES string of the molecule is COc1cc(C)cc(C)c1C(N)C1(OC)CCCC(C)C1. The van der Waals surface area contributed by atoms with Crippen LogP contribution in [0.2, 0.25) is 0 Å². The molecule has 0 aromatic heterocycles. The van der Waals surface area contributed by atoms with Crippen molar-refractivity contribution in [1.82, 2.24) is 0 Å². The Labute approximate surface area is 128 Å². The lowest BCUT2D eigenvalue weighted by atomic mass is 9.72. The van der Waals surface area contributed by atoms with Crippen molar-refractivity contribution in [2.24, 2.45) is 11.7 Å². The molecular formula is C18H29NO2. The van der Waals surface area contributed by atoms with Crippen molar-refractivity contribution in [2.75, 3.05) is 14.2 Å². The minimum absolute atomic E-state index is 0.152. The highest BCUT2D eigenvalue weighted by atomic mass is 16.5. The first-order valence-corrected chi connectivity index (χ1v) is 7.89. The van der Waals surface area contributed by atoms with E-state index in [1.807, 2.05) is 0 Å². The lowest BCUT2D eigenvalue weighted by Crippen LogP contribution is -2.46. The van der Waals surface area contributed by atoms with Crippen molar-refractivity contribution < 1.29 is 9.47 Å². The largest absolute Gasteiger partial charge is 0.496 e.